The van der Waals surface area contributed by atoms with E-state index in [0.29, 0.717) is 18.9 Å². The number of hydrogen-bond donors (Lipinski definition) is 1. The number of likely N-dealkylation sites (tertiary alicyclic amines) is 1. The molecule has 0 spiro atoms. The van der Waals surface area contributed by atoms with Gasteiger partial charge in [0.15, 0.2) is 0 Å². The zero-order valence-corrected chi connectivity index (χ0v) is 11.8. The van der Waals surface area contributed by atoms with Crippen LogP contribution < -0.4 is 5.32 Å². The Kier molecular flexibility index (Phi) is 3.61. The van der Waals surface area contributed by atoms with Gasteiger partial charge in [0.25, 0.3) is 11.6 Å². The van der Waals surface area contributed by atoms with Gasteiger partial charge in [0, 0.05) is 26.2 Å². The van der Waals surface area contributed by atoms with E-state index in [-0.39, 0.29) is 22.6 Å². The lowest BCUT2D eigenvalue weighted by molar-refractivity contribution is -0.385. The Hall–Kier alpha value is -2.18. The molecule has 1 aliphatic heterocycles. The van der Waals surface area contributed by atoms with Crippen LogP contribution in [0.15, 0.2) is 12.3 Å². The SMILES string of the molecule is CNc1ncc([N+](=O)[O-])cc1C(=O)N1CCC(C)(C)C1. The van der Waals surface area contributed by atoms with E-state index in [1.54, 1.807) is 11.9 Å². The van der Waals surface area contributed by atoms with Gasteiger partial charge in [0.1, 0.15) is 12.0 Å². The number of pyridine rings is 1. The molecule has 0 aliphatic carbocycles. The van der Waals surface area contributed by atoms with Crippen molar-refractivity contribution < 1.29 is 9.72 Å². The maximum Gasteiger partial charge on any atom is 0.288 e. The summed E-state index contributed by atoms with van der Waals surface area (Å²) in [5.41, 5.74) is 0.161. The van der Waals surface area contributed by atoms with Crippen LogP contribution in [0.4, 0.5) is 11.5 Å². The maximum absolute atomic E-state index is 12.5. The van der Waals surface area contributed by atoms with Crippen LogP contribution in [0, 0.1) is 15.5 Å². The molecule has 7 nitrogen and oxygen atoms in total. The molecule has 2 rings (SSSR count). The van der Waals surface area contributed by atoms with Crippen molar-refractivity contribution in [2.75, 3.05) is 25.5 Å². The number of nitro groups is 1. The number of amides is 1. The summed E-state index contributed by atoms with van der Waals surface area (Å²) in [4.78, 5) is 28.5. The number of carbonyl (C=O) groups is 1. The summed E-state index contributed by atoms with van der Waals surface area (Å²) >= 11 is 0. The zero-order valence-electron chi connectivity index (χ0n) is 11.8. The minimum absolute atomic E-state index is 0.0869. The molecule has 0 bridgehead atoms. The molecule has 0 radical (unpaired) electrons. The van der Waals surface area contributed by atoms with E-state index in [1.807, 2.05) is 0 Å². The van der Waals surface area contributed by atoms with E-state index in [9.17, 15) is 14.9 Å². The first-order valence-corrected chi connectivity index (χ1v) is 6.45. The number of hydrogen-bond acceptors (Lipinski definition) is 5. The average molecular weight is 278 g/mol. The molecule has 1 saturated heterocycles. The molecule has 1 aliphatic rings. The van der Waals surface area contributed by atoms with Crippen LogP contribution in [0.25, 0.3) is 0 Å². The molecule has 7 heteroatoms. The number of nitrogens with zero attached hydrogens (tertiary/aromatic N) is 3. The van der Waals surface area contributed by atoms with Crippen LogP contribution in [0.5, 0.6) is 0 Å². The Morgan fingerprint density at radius 2 is 2.25 bits per heavy atom. The lowest BCUT2D eigenvalue weighted by atomic mass is 9.93. The van der Waals surface area contributed by atoms with Crippen molar-refractivity contribution in [3.05, 3.63) is 27.9 Å². The number of anilines is 1. The molecule has 1 aromatic heterocycles. The third-order valence-corrected chi connectivity index (χ3v) is 3.52. The third-order valence-electron chi connectivity index (χ3n) is 3.52. The summed E-state index contributed by atoms with van der Waals surface area (Å²) in [7, 11) is 1.64. The third kappa shape index (κ3) is 2.71. The Balaban J connectivity index is 2.33. The fraction of sp³-hybridized carbons (Fsp3) is 0.538. The van der Waals surface area contributed by atoms with Crippen molar-refractivity contribution in [2.24, 2.45) is 5.41 Å². The highest BCUT2D eigenvalue weighted by Gasteiger charge is 2.33. The molecule has 0 atom stereocenters. The van der Waals surface area contributed by atoms with Crippen molar-refractivity contribution in [3.63, 3.8) is 0 Å². The maximum atomic E-state index is 12.5. The van der Waals surface area contributed by atoms with Crippen molar-refractivity contribution in [2.45, 2.75) is 20.3 Å². The van der Waals surface area contributed by atoms with Gasteiger partial charge >= 0.3 is 0 Å². The molecule has 0 unspecified atom stereocenters. The number of carbonyl (C=O) groups excluding carboxylic acids is 1. The Morgan fingerprint density at radius 1 is 1.55 bits per heavy atom. The van der Waals surface area contributed by atoms with Crippen molar-refractivity contribution in [1.29, 1.82) is 0 Å². The summed E-state index contributed by atoms with van der Waals surface area (Å²) < 4.78 is 0. The van der Waals surface area contributed by atoms with E-state index in [4.69, 9.17) is 0 Å². The van der Waals surface area contributed by atoms with Gasteiger partial charge in [-0.25, -0.2) is 4.98 Å². The normalized spacial score (nSPS) is 17.1. The summed E-state index contributed by atoms with van der Waals surface area (Å²) in [6, 6.07) is 1.28. The molecule has 20 heavy (non-hydrogen) atoms. The predicted octanol–water partition coefficient (Wildman–Crippen LogP) is 1.90. The molecule has 1 N–H and O–H groups in total. The van der Waals surface area contributed by atoms with Gasteiger partial charge in [0.05, 0.1) is 10.5 Å². The second-order valence-corrected chi connectivity index (χ2v) is 5.74. The quantitative estimate of drug-likeness (QED) is 0.674. The summed E-state index contributed by atoms with van der Waals surface area (Å²) in [5, 5.41) is 13.6. The van der Waals surface area contributed by atoms with Crippen LogP contribution >= 0.6 is 0 Å². The van der Waals surface area contributed by atoms with Crippen LogP contribution in [0.2, 0.25) is 0 Å². The first-order chi connectivity index (χ1) is 9.34. The summed E-state index contributed by atoms with van der Waals surface area (Å²) in [5.74, 6) is 0.154. The highest BCUT2D eigenvalue weighted by Crippen LogP contribution is 2.31. The van der Waals surface area contributed by atoms with Crippen molar-refractivity contribution >= 4 is 17.4 Å². The summed E-state index contributed by atoms with van der Waals surface area (Å²) in [6.45, 7) is 5.52. The Morgan fingerprint density at radius 3 is 2.75 bits per heavy atom. The fourth-order valence-corrected chi connectivity index (χ4v) is 2.37. The van der Waals surface area contributed by atoms with E-state index < -0.39 is 4.92 Å². The standard InChI is InChI=1S/C13H18N4O3/c1-13(2)4-5-16(8-13)12(18)10-6-9(17(19)20)7-15-11(10)14-3/h6-7H,4-5,8H2,1-3H3,(H,14,15). The van der Waals surface area contributed by atoms with Gasteiger partial charge in [-0.05, 0) is 11.8 Å². The van der Waals surface area contributed by atoms with E-state index in [2.05, 4.69) is 24.1 Å². The van der Waals surface area contributed by atoms with Crippen molar-refractivity contribution in [1.82, 2.24) is 9.88 Å². The van der Waals surface area contributed by atoms with Crippen LogP contribution in [-0.2, 0) is 0 Å². The van der Waals surface area contributed by atoms with Crippen molar-refractivity contribution in [3.8, 4) is 0 Å². The first-order valence-electron chi connectivity index (χ1n) is 6.45. The predicted molar refractivity (Wildman–Crippen MR) is 74.7 cm³/mol. The number of nitrogens with one attached hydrogen (secondary N) is 1. The van der Waals surface area contributed by atoms with E-state index in [0.717, 1.165) is 12.6 Å². The number of aromatic nitrogens is 1. The first kappa shape index (κ1) is 14.2. The average Bonchev–Trinajstić information content (AvgIpc) is 2.77. The highest BCUT2D eigenvalue weighted by atomic mass is 16.6. The van der Waals surface area contributed by atoms with Crippen LogP contribution in [0.3, 0.4) is 0 Å². The monoisotopic (exact) mass is 278 g/mol. The minimum Gasteiger partial charge on any atom is -0.372 e. The van der Waals surface area contributed by atoms with E-state index >= 15 is 0 Å². The van der Waals surface area contributed by atoms with Gasteiger partial charge in [-0.15, -0.1) is 0 Å². The Bertz CT molecular complexity index is 557. The topological polar surface area (TPSA) is 88.4 Å². The molecular formula is C13H18N4O3. The van der Waals surface area contributed by atoms with E-state index in [1.165, 1.54) is 6.07 Å². The van der Waals surface area contributed by atoms with Crippen LogP contribution in [0.1, 0.15) is 30.6 Å². The van der Waals surface area contributed by atoms with Gasteiger partial charge in [-0.1, -0.05) is 13.8 Å². The van der Waals surface area contributed by atoms with Crippen LogP contribution in [-0.4, -0.2) is 40.9 Å². The van der Waals surface area contributed by atoms with Gasteiger partial charge in [-0.3, -0.25) is 14.9 Å². The van der Waals surface area contributed by atoms with Gasteiger partial charge in [-0.2, -0.15) is 0 Å². The molecule has 0 aromatic carbocycles. The molecule has 2 heterocycles. The zero-order chi connectivity index (χ0) is 14.9. The lowest BCUT2D eigenvalue weighted by Gasteiger charge is -2.20. The minimum atomic E-state index is -0.545. The second kappa shape index (κ2) is 5.07. The highest BCUT2D eigenvalue weighted by molar-refractivity contribution is 5.99. The Labute approximate surface area is 117 Å². The lowest BCUT2D eigenvalue weighted by Crippen LogP contribution is -2.31. The number of rotatable bonds is 3. The molecule has 1 aromatic rings. The molecule has 1 fully saturated rings. The molecular weight excluding hydrogens is 260 g/mol. The largest absolute Gasteiger partial charge is 0.372 e. The fourth-order valence-electron chi connectivity index (χ4n) is 2.37. The second-order valence-electron chi connectivity index (χ2n) is 5.74. The molecule has 108 valence electrons. The smallest absolute Gasteiger partial charge is 0.288 e. The molecule has 0 saturated carbocycles. The summed E-state index contributed by atoms with van der Waals surface area (Å²) in [6.07, 6.45) is 2.08. The molecule has 1 amide bonds. The van der Waals surface area contributed by atoms with Gasteiger partial charge < -0.3 is 10.2 Å². The van der Waals surface area contributed by atoms with Gasteiger partial charge in [0.2, 0.25) is 0 Å².